The lowest BCUT2D eigenvalue weighted by Crippen LogP contribution is -2.32. The third-order valence-corrected chi connectivity index (χ3v) is 5.74. The topological polar surface area (TPSA) is 55.4 Å². The molecule has 0 aromatic heterocycles. The fourth-order valence-electron chi connectivity index (χ4n) is 2.90. The molecule has 0 amide bonds. The van der Waals surface area contributed by atoms with Crippen LogP contribution in [0.3, 0.4) is 0 Å². The predicted octanol–water partition coefficient (Wildman–Crippen LogP) is 1.53. The molecular formula is C14H19NO3S. The van der Waals surface area contributed by atoms with Gasteiger partial charge < -0.3 is 10.1 Å². The largest absolute Gasteiger partial charge is 0.381 e. The van der Waals surface area contributed by atoms with Crippen LogP contribution in [0.15, 0.2) is 29.2 Å². The smallest absolute Gasteiger partial charge is 0.180 e. The Morgan fingerprint density at radius 2 is 2.16 bits per heavy atom. The molecule has 2 aliphatic heterocycles. The number of rotatable bonds is 3. The molecule has 2 aliphatic rings. The van der Waals surface area contributed by atoms with Crippen molar-refractivity contribution in [2.24, 2.45) is 5.92 Å². The van der Waals surface area contributed by atoms with Gasteiger partial charge in [-0.25, -0.2) is 8.42 Å². The lowest BCUT2D eigenvalue weighted by atomic mass is 10.0. The van der Waals surface area contributed by atoms with Gasteiger partial charge in [0.25, 0.3) is 0 Å². The van der Waals surface area contributed by atoms with Gasteiger partial charge in [0.1, 0.15) is 0 Å². The van der Waals surface area contributed by atoms with Crippen LogP contribution in [0.25, 0.3) is 0 Å². The molecule has 0 aliphatic carbocycles. The third-order valence-electron chi connectivity index (χ3n) is 3.92. The number of fused-ring (bicyclic) bond motifs is 1. The first-order valence-electron chi connectivity index (χ1n) is 6.79. The van der Waals surface area contributed by atoms with Gasteiger partial charge >= 0.3 is 0 Å². The zero-order chi connectivity index (χ0) is 13.3. The molecule has 0 saturated carbocycles. The summed E-state index contributed by atoms with van der Waals surface area (Å²) in [5.41, 5.74) is 0.916. The molecule has 0 spiro atoms. The van der Waals surface area contributed by atoms with Crippen LogP contribution in [0, 0.1) is 5.92 Å². The first-order valence-corrected chi connectivity index (χ1v) is 8.45. The third kappa shape index (κ3) is 2.68. The minimum absolute atomic E-state index is 0.0665. The molecule has 104 valence electrons. The fourth-order valence-corrected chi connectivity index (χ4v) is 4.67. The number of sulfone groups is 1. The zero-order valence-electron chi connectivity index (χ0n) is 10.8. The summed E-state index contributed by atoms with van der Waals surface area (Å²) in [6.45, 7) is 2.47. The maximum atomic E-state index is 12.0. The summed E-state index contributed by atoms with van der Waals surface area (Å²) in [5.74, 6) is 0.684. The highest BCUT2D eigenvalue weighted by molar-refractivity contribution is 7.91. The van der Waals surface area contributed by atoms with Gasteiger partial charge in [-0.1, -0.05) is 18.2 Å². The summed E-state index contributed by atoms with van der Waals surface area (Å²) in [6, 6.07) is 7.24. The molecule has 1 aromatic carbocycles. The molecular weight excluding hydrogens is 262 g/mol. The van der Waals surface area contributed by atoms with Gasteiger partial charge in [0, 0.05) is 19.2 Å². The van der Waals surface area contributed by atoms with Crippen molar-refractivity contribution in [2.75, 3.05) is 25.5 Å². The van der Waals surface area contributed by atoms with Crippen LogP contribution in [0.1, 0.15) is 24.4 Å². The first kappa shape index (κ1) is 13.1. The highest BCUT2D eigenvalue weighted by atomic mass is 32.2. The molecule has 4 nitrogen and oxygen atoms in total. The van der Waals surface area contributed by atoms with Gasteiger partial charge in [0.05, 0.1) is 17.3 Å². The van der Waals surface area contributed by atoms with E-state index < -0.39 is 9.84 Å². The second-order valence-corrected chi connectivity index (χ2v) is 7.37. The monoisotopic (exact) mass is 281 g/mol. The molecule has 2 heterocycles. The maximum absolute atomic E-state index is 12.0. The van der Waals surface area contributed by atoms with Crippen LogP contribution in [0.2, 0.25) is 0 Å². The molecule has 0 radical (unpaired) electrons. The lowest BCUT2D eigenvalue weighted by Gasteiger charge is -2.24. The molecule has 2 atom stereocenters. The van der Waals surface area contributed by atoms with Gasteiger partial charge in [-0.15, -0.1) is 0 Å². The van der Waals surface area contributed by atoms with Crippen molar-refractivity contribution in [3.63, 3.8) is 0 Å². The van der Waals surface area contributed by atoms with Gasteiger partial charge in [-0.2, -0.15) is 0 Å². The van der Waals surface area contributed by atoms with Crippen LogP contribution >= 0.6 is 0 Å². The Balaban J connectivity index is 1.70. The highest BCUT2D eigenvalue weighted by Gasteiger charge is 2.34. The SMILES string of the molecule is O=S1(=O)CC(NCC2CCCOC2)c2ccccc21. The van der Waals surface area contributed by atoms with Crippen LogP contribution in [0.4, 0.5) is 0 Å². The normalized spacial score (nSPS) is 29.1. The molecule has 1 N–H and O–H groups in total. The fraction of sp³-hybridized carbons (Fsp3) is 0.571. The molecule has 1 fully saturated rings. The lowest BCUT2D eigenvalue weighted by molar-refractivity contribution is 0.0540. The van der Waals surface area contributed by atoms with Crippen LogP contribution in [-0.4, -0.2) is 33.9 Å². The van der Waals surface area contributed by atoms with E-state index in [2.05, 4.69) is 5.32 Å². The number of benzene rings is 1. The Kier molecular flexibility index (Phi) is 3.60. The molecule has 2 unspecified atom stereocenters. The van der Waals surface area contributed by atoms with Gasteiger partial charge in [0.2, 0.25) is 0 Å². The second kappa shape index (κ2) is 5.23. The number of nitrogens with one attached hydrogen (secondary N) is 1. The summed E-state index contributed by atoms with van der Waals surface area (Å²) in [6.07, 6.45) is 2.26. The van der Waals surface area contributed by atoms with E-state index in [1.807, 2.05) is 12.1 Å². The molecule has 0 bridgehead atoms. The standard InChI is InChI=1S/C14H19NO3S/c16-19(17)10-13(12-5-1-2-6-14(12)19)15-8-11-4-3-7-18-9-11/h1-2,5-6,11,13,15H,3-4,7-10H2. The summed E-state index contributed by atoms with van der Waals surface area (Å²) < 4.78 is 29.5. The highest BCUT2D eigenvalue weighted by Crippen LogP contribution is 2.33. The molecule has 3 rings (SSSR count). The van der Waals surface area contributed by atoms with Crippen molar-refractivity contribution in [1.29, 1.82) is 0 Å². The Bertz CT molecular complexity index is 550. The summed E-state index contributed by atoms with van der Waals surface area (Å²) in [4.78, 5) is 0.493. The first-order chi connectivity index (χ1) is 9.17. The Labute approximate surface area is 114 Å². The zero-order valence-corrected chi connectivity index (χ0v) is 11.7. The summed E-state index contributed by atoms with van der Waals surface area (Å²) >= 11 is 0. The predicted molar refractivity (Wildman–Crippen MR) is 72.8 cm³/mol. The average Bonchev–Trinajstić information content (AvgIpc) is 2.70. The van der Waals surface area contributed by atoms with E-state index in [9.17, 15) is 8.42 Å². The maximum Gasteiger partial charge on any atom is 0.180 e. The van der Waals surface area contributed by atoms with Crippen LogP contribution in [-0.2, 0) is 14.6 Å². The summed E-state index contributed by atoms with van der Waals surface area (Å²) in [5, 5.41) is 3.40. The summed E-state index contributed by atoms with van der Waals surface area (Å²) in [7, 11) is -3.10. The van der Waals surface area contributed by atoms with Crippen LogP contribution in [0.5, 0.6) is 0 Å². The molecule has 1 saturated heterocycles. The van der Waals surface area contributed by atoms with E-state index in [-0.39, 0.29) is 11.8 Å². The number of ether oxygens (including phenoxy) is 1. The average molecular weight is 281 g/mol. The molecule has 1 aromatic rings. The van der Waals surface area contributed by atoms with Crippen molar-refractivity contribution in [2.45, 2.75) is 23.8 Å². The van der Waals surface area contributed by atoms with Crippen molar-refractivity contribution in [1.82, 2.24) is 5.32 Å². The van der Waals surface area contributed by atoms with Crippen molar-refractivity contribution < 1.29 is 13.2 Å². The Hall–Kier alpha value is -0.910. The van der Waals surface area contributed by atoms with E-state index in [4.69, 9.17) is 4.74 Å². The van der Waals surface area contributed by atoms with Crippen LogP contribution < -0.4 is 5.32 Å². The number of hydrogen-bond donors (Lipinski definition) is 1. The van der Waals surface area contributed by atoms with Gasteiger partial charge in [0.15, 0.2) is 9.84 Å². The van der Waals surface area contributed by atoms with E-state index in [0.29, 0.717) is 10.8 Å². The van der Waals surface area contributed by atoms with E-state index in [1.54, 1.807) is 12.1 Å². The van der Waals surface area contributed by atoms with Gasteiger partial charge in [-0.05, 0) is 30.4 Å². The number of hydrogen-bond acceptors (Lipinski definition) is 4. The van der Waals surface area contributed by atoms with Gasteiger partial charge in [-0.3, -0.25) is 0 Å². The Morgan fingerprint density at radius 1 is 1.32 bits per heavy atom. The molecule has 19 heavy (non-hydrogen) atoms. The van der Waals surface area contributed by atoms with E-state index in [0.717, 1.165) is 38.2 Å². The Morgan fingerprint density at radius 3 is 2.95 bits per heavy atom. The van der Waals surface area contributed by atoms with Crippen molar-refractivity contribution in [3.05, 3.63) is 29.8 Å². The minimum Gasteiger partial charge on any atom is -0.381 e. The minimum atomic E-state index is -3.10. The van der Waals surface area contributed by atoms with Crippen molar-refractivity contribution in [3.8, 4) is 0 Å². The quantitative estimate of drug-likeness (QED) is 0.913. The van der Waals surface area contributed by atoms with E-state index >= 15 is 0 Å². The van der Waals surface area contributed by atoms with Crippen molar-refractivity contribution >= 4 is 9.84 Å². The second-order valence-electron chi connectivity index (χ2n) is 5.36. The van der Waals surface area contributed by atoms with E-state index in [1.165, 1.54) is 0 Å². The molecule has 5 heteroatoms.